The summed E-state index contributed by atoms with van der Waals surface area (Å²) in [6.45, 7) is 8.96. The third kappa shape index (κ3) is 4.11. The number of rotatable bonds is 7. The van der Waals surface area contributed by atoms with Crippen molar-refractivity contribution in [3.63, 3.8) is 0 Å². The molecule has 1 aromatic carbocycles. The largest absolute Gasteiger partial charge is 0.444 e. The van der Waals surface area contributed by atoms with Crippen LogP contribution in [0.2, 0.25) is 0 Å². The van der Waals surface area contributed by atoms with Crippen molar-refractivity contribution in [2.75, 3.05) is 0 Å². The maximum absolute atomic E-state index is 13.8. The molecule has 0 amide bonds. The molecule has 9 heteroatoms. The van der Waals surface area contributed by atoms with Crippen LogP contribution in [0.15, 0.2) is 56.8 Å². The number of nitriles is 1. The summed E-state index contributed by atoms with van der Waals surface area (Å²) in [6, 6.07) is 11.7. The molecule has 3 heterocycles. The van der Waals surface area contributed by atoms with Crippen LogP contribution >= 0.6 is 11.3 Å². The zero-order chi connectivity index (χ0) is 24.6. The molecule has 4 aromatic rings. The molecule has 0 N–H and O–H groups in total. The molecule has 3 aromatic heterocycles. The second kappa shape index (κ2) is 9.05. The van der Waals surface area contributed by atoms with Gasteiger partial charge in [-0.15, -0.1) is 11.3 Å². The first-order valence-corrected chi connectivity index (χ1v) is 11.8. The Balaban J connectivity index is 2.03. The third-order valence-corrected chi connectivity index (χ3v) is 6.93. The van der Waals surface area contributed by atoms with Crippen LogP contribution in [0.5, 0.6) is 0 Å². The van der Waals surface area contributed by atoms with Crippen molar-refractivity contribution in [2.24, 2.45) is 0 Å². The summed E-state index contributed by atoms with van der Waals surface area (Å²) in [5.41, 5.74) is -0.838. The fourth-order valence-electron chi connectivity index (χ4n) is 3.98. The Bertz CT molecular complexity index is 1470. The molecule has 0 aliphatic heterocycles. The van der Waals surface area contributed by atoms with Crippen molar-refractivity contribution in [2.45, 2.75) is 58.9 Å². The molecule has 1 unspecified atom stereocenters. The van der Waals surface area contributed by atoms with E-state index in [0.29, 0.717) is 26.5 Å². The molecule has 4 rings (SSSR count). The SMILES string of the molecule is Cc1c(-c2ncco2)sc2c1c(=O)n(C(C)(C)C#N)c(=O)n2CC(OC(C)C)c1ccccc1. The maximum atomic E-state index is 13.8. The zero-order valence-electron chi connectivity index (χ0n) is 19.7. The van der Waals surface area contributed by atoms with Crippen molar-refractivity contribution < 1.29 is 9.15 Å². The summed E-state index contributed by atoms with van der Waals surface area (Å²) in [7, 11) is 0. The molecule has 34 heavy (non-hydrogen) atoms. The fraction of sp³-hybridized carbons (Fsp3) is 0.360. The molecule has 8 nitrogen and oxygen atoms in total. The third-order valence-electron chi connectivity index (χ3n) is 5.63. The summed E-state index contributed by atoms with van der Waals surface area (Å²) >= 11 is 1.27. The number of benzene rings is 1. The predicted octanol–water partition coefficient (Wildman–Crippen LogP) is 4.61. The number of oxazole rings is 1. The molecule has 0 bridgehead atoms. The standard InChI is InChI=1S/C25H26N4O4S/c1-15(2)33-18(17-9-7-6-8-10-17)13-28-23-19(16(3)20(34-23)21-27-11-12-32-21)22(30)29(24(28)31)25(4,5)14-26/h6-12,15,18H,13H2,1-5H3. The number of thiophene rings is 1. The van der Waals surface area contributed by atoms with E-state index >= 15 is 0 Å². The normalized spacial score (nSPS) is 12.9. The minimum Gasteiger partial charge on any atom is -0.444 e. The van der Waals surface area contributed by atoms with Gasteiger partial charge in [-0.2, -0.15) is 5.26 Å². The lowest BCUT2D eigenvalue weighted by Gasteiger charge is -2.25. The van der Waals surface area contributed by atoms with Crippen molar-refractivity contribution >= 4 is 21.6 Å². The van der Waals surface area contributed by atoms with Gasteiger partial charge in [0.1, 0.15) is 22.7 Å². The molecule has 0 aliphatic carbocycles. The van der Waals surface area contributed by atoms with Crippen LogP contribution in [0.25, 0.3) is 21.0 Å². The summed E-state index contributed by atoms with van der Waals surface area (Å²) in [4.78, 5) is 32.7. The lowest BCUT2D eigenvalue weighted by molar-refractivity contribution is -0.00350. The molecular formula is C25H26N4O4S. The number of ether oxygens (including phenoxy) is 1. The van der Waals surface area contributed by atoms with Crippen LogP contribution in [-0.2, 0) is 16.8 Å². The lowest BCUT2D eigenvalue weighted by Crippen LogP contribution is -2.48. The van der Waals surface area contributed by atoms with Crippen LogP contribution in [0.1, 0.15) is 44.9 Å². The monoisotopic (exact) mass is 478 g/mol. The second-order valence-corrected chi connectivity index (χ2v) is 9.86. The van der Waals surface area contributed by atoms with Crippen LogP contribution in [-0.4, -0.2) is 20.2 Å². The number of hydrogen-bond acceptors (Lipinski definition) is 7. The van der Waals surface area contributed by atoms with Crippen molar-refractivity contribution in [1.29, 1.82) is 5.26 Å². The highest BCUT2D eigenvalue weighted by molar-refractivity contribution is 7.22. The summed E-state index contributed by atoms with van der Waals surface area (Å²) in [6.07, 6.45) is 2.47. The van der Waals surface area contributed by atoms with Crippen LogP contribution in [0.3, 0.4) is 0 Å². The predicted molar refractivity (Wildman–Crippen MR) is 131 cm³/mol. The van der Waals surface area contributed by atoms with E-state index < -0.39 is 22.9 Å². The van der Waals surface area contributed by atoms with E-state index in [1.165, 1.54) is 23.8 Å². The second-order valence-electron chi connectivity index (χ2n) is 8.86. The van der Waals surface area contributed by atoms with Gasteiger partial charge in [0.2, 0.25) is 5.89 Å². The van der Waals surface area contributed by atoms with E-state index in [1.54, 1.807) is 25.3 Å². The van der Waals surface area contributed by atoms with Gasteiger partial charge in [-0.3, -0.25) is 9.36 Å². The average molecular weight is 479 g/mol. The van der Waals surface area contributed by atoms with Gasteiger partial charge < -0.3 is 9.15 Å². The van der Waals surface area contributed by atoms with E-state index in [4.69, 9.17) is 9.15 Å². The van der Waals surface area contributed by atoms with Crippen LogP contribution in [0, 0.1) is 18.3 Å². The first kappa shape index (κ1) is 23.7. The highest BCUT2D eigenvalue weighted by atomic mass is 32.1. The Morgan fingerprint density at radius 2 is 1.94 bits per heavy atom. The van der Waals surface area contributed by atoms with Gasteiger partial charge in [-0.05, 0) is 45.7 Å². The van der Waals surface area contributed by atoms with Crippen LogP contribution < -0.4 is 11.2 Å². The first-order chi connectivity index (χ1) is 16.2. The molecule has 0 spiro atoms. The topological polar surface area (TPSA) is 103 Å². The van der Waals surface area contributed by atoms with Crippen molar-refractivity contribution in [1.82, 2.24) is 14.1 Å². The lowest BCUT2D eigenvalue weighted by atomic mass is 10.1. The van der Waals surface area contributed by atoms with E-state index in [2.05, 4.69) is 11.1 Å². The van der Waals surface area contributed by atoms with E-state index in [-0.39, 0.29) is 12.6 Å². The Hall–Kier alpha value is -3.48. The molecule has 0 saturated heterocycles. The number of aryl methyl sites for hydroxylation is 1. The highest BCUT2D eigenvalue weighted by Gasteiger charge is 2.30. The summed E-state index contributed by atoms with van der Waals surface area (Å²) < 4.78 is 14.3. The van der Waals surface area contributed by atoms with Gasteiger partial charge in [-0.25, -0.2) is 14.3 Å². The maximum Gasteiger partial charge on any atom is 0.333 e. The first-order valence-electron chi connectivity index (χ1n) is 11.0. The smallest absolute Gasteiger partial charge is 0.333 e. The Kier molecular flexibility index (Phi) is 6.30. The van der Waals surface area contributed by atoms with Crippen molar-refractivity contribution in [3.8, 4) is 16.8 Å². The molecule has 1 atom stereocenters. The number of aromatic nitrogens is 3. The summed E-state index contributed by atoms with van der Waals surface area (Å²) in [5.74, 6) is 0.376. The Labute approximate surface area is 200 Å². The molecule has 176 valence electrons. The van der Waals surface area contributed by atoms with Gasteiger partial charge in [0.25, 0.3) is 5.56 Å². The molecular weight excluding hydrogens is 452 g/mol. The van der Waals surface area contributed by atoms with Gasteiger partial charge in [0.15, 0.2) is 0 Å². The van der Waals surface area contributed by atoms with Gasteiger partial charge in [0, 0.05) is 0 Å². The van der Waals surface area contributed by atoms with Gasteiger partial charge in [0.05, 0.1) is 35.2 Å². The Morgan fingerprint density at radius 3 is 2.53 bits per heavy atom. The molecule has 0 saturated carbocycles. The highest BCUT2D eigenvalue weighted by Crippen LogP contribution is 2.36. The van der Waals surface area contributed by atoms with Gasteiger partial charge in [-0.1, -0.05) is 30.3 Å². The van der Waals surface area contributed by atoms with Crippen LogP contribution in [0.4, 0.5) is 0 Å². The van der Waals surface area contributed by atoms with E-state index in [0.717, 1.165) is 10.1 Å². The van der Waals surface area contributed by atoms with E-state index in [1.807, 2.05) is 44.2 Å². The van der Waals surface area contributed by atoms with E-state index in [9.17, 15) is 14.9 Å². The number of fused-ring (bicyclic) bond motifs is 1. The number of hydrogen-bond donors (Lipinski definition) is 0. The minimum absolute atomic E-state index is 0.0918. The quantitative estimate of drug-likeness (QED) is 0.384. The zero-order valence-corrected chi connectivity index (χ0v) is 20.5. The minimum atomic E-state index is -1.34. The molecule has 0 radical (unpaired) electrons. The van der Waals surface area contributed by atoms with Crippen molar-refractivity contribution in [3.05, 3.63) is 74.8 Å². The number of nitrogens with zero attached hydrogens (tertiary/aromatic N) is 4. The fourth-order valence-corrected chi connectivity index (χ4v) is 5.22. The molecule has 0 aliphatic rings. The molecule has 0 fully saturated rings. The van der Waals surface area contributed by atoms with Gasteiger partial charge >= 0.3 is 5.69 Å². The average Bonchev–Trinajstić information content (AvgIpc) is 3.44. The summed E-state index contributed by atoms with van der Waals surface area (Å²) in [5, 5.41) is 10.1. The Morgan fingerprint density at radius 1 is 1.24 bits per heavy atom.